The van der Waals surface area contributed by atoms with Gasteiger partial charge in [-0.15, -0.1) is 0 Å². The summed E-state index contributed by atoms with van der Waals surface area (Å²) in [6.45, 7) is 0. The van der Waals surface area contributed by atoms with Crippen LogP contribution in [-0.4, -0.2) is 27.4 Å². The van der Waals surface area contributed by atoms with Crippen molar-refractivity contribution in [1.82, 2.24) is 5.32 Å². The zero-order valence-corrected chi connectivity index (χ0v) is 11.1. The van der Waals surface area contributed by atoms with Gasteiger partial charge in [0.05, 0.1) is 19.3 Å². The maximum Gasteiger partial charge on any atom is 0.165 e. The number of hydrogen-bond donors (Lipinski definition) is 1. The van der Waals surface area contributed by atoms with Crippen molar-refractivity contribution in [3.63, 3.8) is 0 Å². The molecule has 1 aliphatic carbocycles. The molecule has 1 aromatic carbocycles. The van der Waals surface area contributed by atoms with Gasteiger partial charge >= 0.3 is 0 Å². The molecule has 0 bridgehead atoms. The van der Waals surface area contributed by atoms with E-state index in [2.05, 4.69) is 5.32 Å². The highest BCUT2D eigenvalue weighted by atomic mass is 19.1. The third-order valence-corrected chi connectivity index (χ3v) is 3.53. The lowest BCUT2D eigenvalue weighted by atomic mass is 9.98. The van der Waals surface area contributed by atoms with E-state index < -0.39 is 0 Å². The summed E-state index contributed by atoms with van der Waals surface area (Å²) in [7, 11) is 5.06. The predicted molar refractivity (Wildman–Crippen MR) is 68.3 cm³/mol. The Morgan fingerprint density at radius 1 is 1.33 bits per heavy atom. The first-order chi connectivity index (χ1) is 8.71. The summed E-state index contributed by atoms with van der Waals surface area (Å²) < 4.78 is 24.2. The van der Waals surface area contributed by atoms with Crippen LogP contribution in [0.25, 0.3) is 0 Å². The second-order valence-corrected chi connectivity index (χ2v) is 4.70. The fraction of sp³-hybridized carbons (Fsp3) is 0.571. The molecule has 0 heterocycles. The summed E-state index contributed by atoms with van der Waals surface area (Å²) in [6.07, 6.45) is 2.48. The molecule has 0 amide bonds. The maximum atomic E-state index is 13.7. The van der Waals surface area contributed by atoms with Crippen LogP contribution in [0.1, 0.15) is 24.4 Å². The summed E-state index contributed by atoms with van der Waals surface area (Å²) in [5, 5.41) is 3.22. The normalized spacial score (nSPS) is 18.4. The molecule has 1 aromatic rings. The van der Waals surface area contributed by atoms with Crippen LogP contribution in [0.2, 0.25) is 0 Å². The lowest BCUT2D eigenvalue weighted by molar-refractivity contribution is 0.0529. The van der Waals surface area contributed by atoms with Gasteiger partial charge in [0.1, 0.15) is 0 Å². The summed E-state index contributed by atoms with van der Waals surface area (Å²) >= 11 is 0. The topological polar surface area (TPSA) is 30.5 Å². The summed E-state index contributed by atoms with van der Waals surface area (Å²) in [4.78, 5) is 0. The Kier molecular flexibility index (Phi) is 4.19. The summed E-state index contributed by atoms with van der Waals surface area (Å²) in [5.74, 6) is 0.521. The highest BCUT2D eigenvalue weighted by Gasteiger charge is 2.37. The first-order valence-corrected chi connectivity index (χ1v) is 6.24. The van der Waals surface area contributed by atoms with E-state index in [9.17, 15) is 4.39 Å². The van der Waals surface area contributed by atoms with Crippen molar-refractivity contribution in [2.75, 3.05) is 21.3 Å². The SMILES string of the molecule is CNC(c1ccc(OC)c(F)c1)C(OC)C1CC1. The van der Waals surface area contributed by atoms with E-state index in [4.69, 9.17) is 9.47 Å². The molecule has 0 saturated heterocycles. The number of benzene rings is 1. The van der Waals surface area contributed by atoms with Crippen LogP contribution < -0.4 is 10.1 Å². The Morgan fingerprint density at radius 3 is 2.50 bits per heavy atom. The van der Waals surface area contributed by atoms with Crippen molar-refractivity contribution < 1.29 is 13.9 Å². The van der Waals surface area contributed by atoms with E-state index in [-0.39, 0.29) is 23.7 Å². The number of ether oxygens (including phenoxy) is 2. The van der Waals surface area contributed by atoms with Gasteiger partial charge in [0.25, 0.3) is 0 Å². The molecule has 1 aliphatic rings. The number of hydrogen-bond acceptors (Lipinski definition) is 3. The average molecular weight is 253 g/mol. The van der Waals surface area contributed by atoms with E-state index in [0.717, 1.165) is 5.56 Å². The van der Waals surface area contributed by atoms with Gasteiger partial charge in [0.15, 0.2) is 11.6 Å². The third kappa shape index (κ3) is 2.65. The van der Waals surface area contributed by atoms with Gasteiger partial charge in [0, 0.05) is 7.11 Å². The van der Waals surface area contributed by atoms with Crippen molar-refractivity contribution >= 4 is 0 Å². The molecule has 1 fully saturated rings. The standard InChI is InChI=1S/C14H20FNO2/c1-16-13(14(18-3)9-4-5-9)10-6-7-12(17-2)11(15)8-10/h6-9,13-14,16H,4-5H2,1-3H3. The van der Waals surface area contributed by atoms with Gasteiger partial charge in [-0.2, -0.15) is 0 Å². The van der Waals surface area contributed by atoms with Gasteiger partial charge in [-0.1, -0.05) is 6.07 Å². The number of likely N-dealkylation sites (N-methyl/N-ethyl adjacent to an activating group) is 1. The van der Waals surface area contributed by atoms with Crippen LogP contribution in [0.3, 0.4) is 0 Å². The van der Waals surface area contributed by atoms with E-state index in [1.807, 2.05) is 13.1 Å². The molecule has 1 N–H and O–H groups in total. The van der Waals surface area contributed by atoms with Gasteiger partial charge in [0.2, 0.25) is 0 Å². The Hall–Kier alpha value is -1.13. The number of rotatable bonds is 6. The van der Waals surface area contributed by atoms with E-state index in [1.165, 1.54) is 26.0 Å². The van der Waals surface area contributed by atoms with Crippen molar-refractivity contribution in [3.05, 3.63) is 29.6 Å². The predicted octanol–water partition coefficient (Wildman–Crippen LogP) is 2.52. The van der Waals surface area contributed by atoms with Crippen LogP contribution in [0.5, 0.6) is 5.75 Å². The van der Waals surface area contributed by atoms with E-state index in [1.54, 1.807) is 13.2 Å². The molecular weight excluding hydrogens is 233 g/mol. The maximum absolute atomic E-state index is 13.7. The lowest BCUT2D eigenvalue weighted by Crippen LogP contribution is -2.32. The molecule has 2 rings (SSSR count). The largest absolute Gasteiger partial charge is 0.494 e. The molecule has 18 heavy (non-hydrogen) atoms. The molecular formula is C14H20FNO2. The minimum absolute atomic E-state index is 0.0166. The Balaban J connectivity index is 2.23. The molecule has 0 aromatic heterocycles. The number of nitrogens with one attached hydrogen (secondary N) is 1. The summed E-state index contributed by atoms with van der Waals surface area (Å²) in [5.41, 5.74) is 0.898. The molecule has 3 nitrogen and oxygen atoms in total. The van der Waals surface area contributed by atoms with Crippen molar-refractivity contribution in [3.8, 4) is 5.75 Å². The van der Waals surface area contributed by atoms with Crippen LogP contribution in [0, 0.1) is 11.7 Å². The zero-order chi connectivity index (χ0) is 13.1. The van der Waals surface area contributed by atoms with E-state index >= 15 is 0 Å². The first-order valence-electron chi connectivity index (χ1n) is 6.24. The molecule has 2 atom stereocenters. The fourth-order valence-corrected chi connectivity index (χ4v) is 2.42. The van der Waals surface area contributed by atoms with Crippen molar-refractivity contribution in [1.29, 1.82) is 0 Å². The Bertz CT molecular complexity index is 407. The molecule has 2 unspecified atom stereocenters. The van der Waals surface area contributed by atoms with Gasteiger partial charge < -0.3 is 14.8 Å². The van der Waals surface area contributed by atoms with Gasteiger partial charge in [-0.25, -0.2) is 4.39 Å². The van der Waals surface area contributed by atoms with Crippen LogP contribution >= 0.6 is 0 Å². The second-order valence-electron chi connectivity index (χ2n) is 4.70. The van der Waals surface area contributed by atoms with Gasteiger partial charge in [-0.3, -0.25) is 0 Å². The first kappa shape index (κ1) is 13.3. The third-order valence-electron chi connectivity index (χ3n) is 3.53. The Morgan fingerprint density at radius 2 is 2.06 bits per heavy atom. The molecule has 100 valence electrons. The minimum Gasteiger partial charge on any atom is -0.494 e. The molecule has 0 radical (unpaired) electrons. The Labute approximate surface area is 107 Å². The summed E-state index contributed by atoms with van der Waals surface area (Å²) in [6, 6.07) is 5.09. The fourth-order valence-electron chi connectivity index (χ4n) is 2.42. The van der Waals surface area contributed by atoms with Crippen LogP contribution in [0.4, 0.5) is 4.39 Å². The van der Waals surface area contributed by atoms with Gasteiger partial charge in [-0.05, 0) is 43.5 Å². The van der Waals surface area contributed by atoms with E-state index in [0.29, 0.717) is 5.92 Å². The highest BCUT2D eigenvalue weighted by Crippen LogP contribution is 2.40. The molecule has 1 saturated carbocycles. The molecule has 0 aliphatic heterocycles. The van der Waals surface area contributed by atoms with Crippen molar-refractivity contribution in [2.45, 2.75) is 25.0 Å². The lowest BCUT2D eigenvalue weighted by Gasteiger charge is -2.26. The second kappa shape index (κ2) is 5.67. The molecule has 0 spiro atoms. The molecule has 4 heteroatoms. The smallest absolute Gasteiger partial charge is 0.165 e. The number of halogens is 1. The quantitative estimate of drug-likeness (QED) is 0.845. The monoisotopic (exact) mass is 253 g/mol. The van der Waals surface area contributed by atoms with Crippen LogP contribution in [-0.2, 0) is 4.74 Å². The highest BCUT2D eigenvalue weighted by molar-refractivity contribution is 5.31. The van der Waals surface area contributed by atoms with Crippen molar-refractivity contribution in [2.24, 2.45) is 5.92 Å². The number of methoxy groups -OCH3 is 2. The average Bonchev–Trinajstić information content (AvgIpc) is 3.20. The minimum atomic E-state index is -0.332. The zero-order valence-electron chi connectivity index (χ0n) is 11.1. The van der Waals surface area contributed by atoms with Crippen LogP contribution in [0.15, 0.2) is 18.2 Å².